The molecule has 0 saturated carbocycles. The summed E-state index contributed by atoms with van der Waals surface area (Å²) in [7, 11) is 0. The van der Waals surface area contributed by atoms with E-state index in [0.29, 0.717) is 0 Å². The standard InChI is InChI=1S/C11H18N2/c1-9(2)10-12-7-6-8-13(10)11(3,4)5/h6-8H,1-5H3. The number of allylic oxidation sites excluding steroid dienone is 2. The van der Waals surface area contributed by atoms with Gasteiger partial charge in [0.25, 0.3) is 0 Å². The lowest BCUT2D eigenvalue weighted by Gasteiger charge is -2.36. The zero-order valence-electron chi connectivity index (χ0n) is 9.13. The fourth-order valence-electron chi connectivity index (χ4n) is 1.28. The first-order chi connectivity index (χ1) is 5.93. The summed E-state index contributed by atoms with van der Waals surface area (Å²) in [6.45, 7) is 10.7. The molecule has 0 amide bonds. The lowest BCUT2D eigenvalue weighted by atomic mass is 10.1. The van der Waals surface area contributed by atoms with Crippen molar-refractivity contribution in [1.29, 1.82) is 0 Å². The van der Waals surface area contributed by atoms with E-state index in [0.717, 1.165) is 5.82 Å². The Bertz CT molecular complexity index is 273. The molecule has 1 rings (SSSR count). The van der Waals surface area contributed by atoms with Crippen LogP contribution in [0.3, 0.4) is 0 Å². The first kappa shape index (κ1) is 10.0. The fraction of sp³-hybridized carbons (Fsp3) is 0.545. The fourth-order valence-corrected chi connectivity index (χ4v) is 1.28. The Hall–Kier alpha value is -1.05. The van der Waals surface area contributed by atoms with E-state index in [4.69, 9.17) is 0 Å². The molecular weight excluding hydrogens is 160 g/mol. The molecule has 0 bridgehead atoms. The van der Waals surface area contributed by atoms with Crippen LogP contribution in [-0.2, 0) is 0 Å². The van der Waals surface area contributed by atoms with Gasteiger partial charge in [-0.2, -0.15) is 0 Å². The number of hydrogen-bond acceptors (Lipinski definition) is 2. The van der Waals surface area contributed by atoms with Gasteiger partial charge in [-0.05, 0) is 46.3 Å². The van der Waals surface area contributed by atoms with Crippen LogP contribution in [0.15, 0.2) is 28.7 Å². The topological polar surface area (TPSA) is 15.6 Å². The van der Waals surface area contributed by atoms with Crippen LogP contribution in [0.2, 0.25) is 0 Å². The summed E-state index contributed by atoms with van der Waals surface area (Å²) in [5.74, 6) is 1.06. The monoisotopic (exact) mass is 178 g/mol. The summed E-state index contributed by atoms with van der Waals surface area (Å²) in [6.07, 6.45) is 5.89. The Morgan fingerprint density at radius 3 is 2.31 bits per heavy atom. The molecule has 0 N–H and O–H groups in total. The maximum atomic E-state index is 4.37. The second-order valence-corrected chi connectivity index (χ2v) is 4.48. The van der Waals surface area contributed by atoms with Gasteiger partial charge in [0.15, 0.2) is 0 Å². The van der Waals surface area contributed by atoms with Gasteiger partial charge in [0.2, 0.25) is 0 Å². The number of nitrogens with zero attached hydrogens (tertiary/aromatic N) is 2. The molecule has 1 aliphatic heterocycles. The highest BCUT2D eigenvalue weighted by Crippen LogP contribution is 2.24. The number of rotatable bonds is 0. The van der Waals surface area contributed by atoms with E-state index in [1.807, 2.05) is 12.3 Å². The van der Waals surface area contributed by atoms with Gasteiger partial charge >= 0.3 is 0 Å². The van der Waals surface area contributed by atoms with Crippen LogP contribution in [0, 0.1) is 0 Å². The van der Waals surface area contributed by atoms with Gasteiger partial charge < -0.3 is 4.90 Å². The van der Waals surface area contributed by atoms with E-state index in [-0.39, 0.29) is 5.54 Å². The molecule has 1 heterocycles. The van der Waals surface area contributed by atoms with Crippen LogP contribution in [-0.4, -0.2) is 16.7 Å². The van der Waals surface area contributed by atoms with Crippen molar-refractivity contribution >= 4 is 6.21 Å². The normalized spacial score (nSPS) is 16.7. The van der Waals surface area contributed by atoms with Gasteiger partial charge in [-0.25, -0.2) is 4.99 Å². The number of aliphatic imine (C=N–C) groups is 1. The van der Waals surface area contributed by atoms with Crippen molar-refractivity contribution in [2.24, 2.45) is 4.99 Å². The van der Waals surface area contributed by atoms with E-state index in [1.165, 1.54) is 5.57 Å². The minimum absolute atomic E-state index is 0.0981. The van der Waals surface area contributed by atoms with Crippen molar-refractivity contribution in [2.45, 2.75) is 40.2 Å². The molecule has 1 aliphatic rings. The third-order valence-corrected chi connectivity index (χ3v) is 1.92. The van der Waals surface area contributed by atoms with E-state index in [1.54, 1.807) is 0 Å². The van der Waals surface area contributed by atoms with Crippen molar-refractivity contribution in [2.75, 3.05) is 0 Å². The second kappa shape index (κ2) is 3.36. The molecule has 2 nitrogen and oxygen atoms in total. The largest absolute Gasteiger partial charge is 0.328 e. The Morgan fingerprint density at radius 2 is 1.92 bits per heavy atom. The van der Waals surface area contributed by atoms with Crippen LogP contribution < -0.4 is 0 Å². The highest BCUT2D eigenvalue weighted by Gasteiger charge is 2.22. The lowest BCUT2D eigenvalue weighted by molar-refractivity contribution is 0.253. The van der Waals surface area contributed by atoms with E-state index in [9.17, 15) is 0 Å². The Balaban J connectivity index is 3.04. The highest BCUT2D eigenvalue weighted by molar-refractivity contribution is 5.73. The number of hydrogen-bond donors (Lipinski definition) is 0. The van der Waals surface area contributed by atoms with Crippen molar-refractivity contribution < 1.29 is 0 Å². The van der Waals surface area contributed by atoms with Crippen LogP contribution >= 0.6 is 0 Å². The summed E-state index contributed by atoms with van der Waals surface area (Å²) in [4.78, 5) is 6.57. The van der Waals surface area contributed by atoms with Crippen molar-refractivity contribution in [3.63, 3.8) is 0 Å². The van der Waals surface area contributed by atoms with E-state index in [2.05, 4.69) is 50.7 Å². The molecule has 0 radical (unpaired) electrons. The molecule has 13 heavy (non-hydrogen) atoms. The molecule has 0 saturated heterocycles. The highest BCUT2D eigenvalue weighted by atomic mass is 15.3. The quantitative estimate of drug-likeness (QED) is 0.557. The van der Waals surface area contributed by atoms with Crippen LogP contribution in [0.5, 0.6) is 0 Å². The SMILES string of the molecule is CC(C)=C1N=CC=CN1C(C)(C)C. The van der Waals surface area contributed by atoms with Gasteiger partial charge in [-0.15, -0.1) is 0 Å². The summed E-state index contributed by atoms with van der Waals surface area (Å²) in [6, 6.07) is 0. The molecule has 0 spiro atoms. The smallest absolute Gasteiger partial charge is 0.131 e. The maximum absolute atomic E-state index is 4.37. The van der Waals surface area contributed by atoms with E-state index < -0.39 is 0 Å². The molecule has 0 aromatic heterocycles. The summed E-state index contributed by atoms with van der Waals surface area (Å²) < 4.78 is 0. The Morgan fingerprint density at radius 1 is 1.31 bits per heavy atom. The van der Waals surface area contributed by atoms with Gasteiger partial charge in [0, 0.05) is 18.0 Å². The third kappa shape index (κ3) is 2.20. The molecular formula is C11H18N2. The van der Waals surface area contributed by atoms with Crippen LogP contribution in [0.25, 0.3) is 0 Å². The third-order valence-electron chi connectivity index (χ3n) is 1.92. The molecule has 0 atom stereocenters. The molecule has 72 valence electrons. The van der Waals surface area contributed by atoms with Crippen LogP contribution in [0.4, 0.5) is 0 Å². The Labute approximate surface area is 80.7 Å². The summed E-state index contributed by atoms with van der Waals surface area (Å²) in [5.41, 5.74) is 1.34. The predicted molar refractivity (Wildman–Crippen MR) is 57.6 cm³/mol. The van der Waals surface area contributed by atoms with Gasteiger partial charge in [-0.3, -0.25) is 0 Å². The summed E-state index contributed by atoms with van der Waals surface area (Å²) in [5, 5.41) is 0. The second-order valence-electron chi connectivity index (χ2n) is 4.48. The molecule has 0 aromatic carbocycles. The van der Waals surface area contributed by atoms with E-state index >= 15 is 0 Å². The average Bonchev–Trinajstić information content (AvgIpc) is 2.03. The zero-order valence-corrected chi connectivity index (χ0v) is 9.13. The molecule has 0 aliphatic carbocycles. The van der Waals surface area contributed by atoms with Gasteiger partial charge in [0.05, 0.1) is 0 Å². The minimum Gasteiger partial charge on any atom is -0.328 e. The van der Waals surface area contributed by atoms with Gasteiger partial charge in [-0.1, -0.05) is 0 Å². The van der Waals surface area contributed by atoms with Crippen molar-refractivity contribution in [1.82, 2.24) is 4.90 Å². The maximum Gasteiger partial charge on any atom is 0.131 e. The molecule has 0 aromatic rings. The summed E-state index contributed by atoms with van der Waals surface area (Å²) >= 11 is 0. The van der Waals surface area contributed by atoms with Crippen molar-refractivity contribution in [3.8, 4) is 0 Å². The van der Waals surface area contributed by atoms with Crippen LogP contribution in [0.1, 0.15) is 34.6 Å². The Kier molecular flexibility index (Phi) is 2.60. The minimum atomic E-state index is 0.0981. The zero-order chi connectivity index (χ0) is 10.1. The van der Waals surface area contributed by atoms with Gasteiger partial charge in [0.1, 0.15) is 5.82 Å². The first-order valence-electron chi connectivity index (χ1n) is 4.60. The molecule has 2 heteroatoms. The van der Waals surface area contributed by atoms with Crippen molar-refractivity contribution in [3.05, 3.63) is 23.7 Å². The predicted octanol–water partition coefficient (Wildman–Crippen LogP) is 2.94. The first-order valence-corrected chi connectivity index (χ1v) is 4.60. The molecule has 0 fully saturated rings. The molecule has 0 unspecified atom stereocenters. The lowest BCUT2D eigenvalue weighted by Crippen LogP contribution is -2.37. The average molecular weight is 178 g/mol.